The number of nitrogen functional groups attached to an aromatic ring is 1. The van der Waals surface area contributed by atoms with E-state index in [0.717, 1.165) is 28.6 Å². The lowest BCUT2D eigenvalue weighted by molar-refractivity contribution is 0.637. The Morgan fingerprint density at radius 1 is 1.57 bits per heavy atom. The van der Waals surface area contributed by atoms with Gasteiger partial charge in [0, 0.05) is 16.1 Å². The van der Waals surface area contributed by atoms with Crippen molar-refractivity contribution < 1.29 is 0 Å². The third-order valence-corrected chi connectivity index (χ3v) is 3.01. The average molecular weight is 258 g/mol. The smallest absolute Gasteiger partial charge is 0.128 e. The lowest BCUT2D eigenvalue weighted by Gasteiger charge is -2.14. The van der Waals surface area contributed by atoms with Crippen LogP contribution in [0.2, 0.25) is 0 Å². The number of nitrogens with two attached hydrogens (primary N) is 2. The molecule has 0 saturated heterocycles. The quantitative estimate of drug-likeness (QED) is 0.875. The van der Waals surface area contributed by atoms with Crippen LogP contribution in [-0.2, 0) is 0 Å². The Balaban J connectivity index is 3.02. The summed E-state index contributed by atoms with van der Waals surface area (Å²) >= 11 is 3.43. The first kappa shape index (κ1) is 11.5. The summed E-state index contributed by atoms with van der Waals surface area (Å²) in [6.07, 6.45) is 1.98. The van der Waals surface area contributed by atoms with Gasteiger partial charge in [0.05, 0.1) is 5.69 Å². The molecule has 0 fully saturated rings. The summed E-state index contributed by atoms with van der Waals surface area (Å²) in [5, 5.41) is 0. The van der Waals surface area contributed by atoms with E-state index in [1.807, 2.05) is 13.0 Å². The molecule has 1 heterocycles. The van der Waals surface area contributed by atoms with Crippen LogP contribution in [0.15, 0.2) is 10.5 Å². The van der Waals surface area contributed by atoms with Gasteiger partial charge in [-0.15, -0.1) is 0 Å². The number of anilines is 1. The molecule has 78 valence electrons. The molecular weight excluding hydrogens is 242 g/mol. The second-order valence-electron chi connectivity index (χ2n) is 3.43. The molecule has 0 aliphatic heterocycles. The Morgan fingerprint density at radius 3 is 2.79 bits per heavy atom. The van der Waals surface area contributed by atoms with Gasteiger partial charge in [0.15, 0.2) is 0 Å². The third-order valence-electron chi connectivity index (χ3n) is 2.21. The Hall–Kier alpha value is -0.610. The van der Waals surface area contributed by atoms with Crippen molar-refractivity contribution in [3.63, 3.8) is 0 Å². The zero-order valence-corrected chi connectivity index (χ0v) is 10.1. The van der Waals surface area contributed by atoms with Crippen LogP contribution in [0.4, 0.5) is 5.82 Å². The van der Waals surface area contributed by atoms with Crippen molar-refractivity contribution in [3.8, 4) is 0 Å². The zero-order chi connectivity index (χ0) is 10.7. The fraction of sp³-hybridized carbons (Fsp3) is 0.500. The molecule has 4 N–H and O–H groups in total. The van der Waals surface area contributed by atoms with Gasteiger partial charge in [0.25, 0.3) is 0 Å². The summed E-state index contributed by atoms with van der Waals surface area (Å²) < 4.78 is 0.966. The Kier molecular flexibility index (Phi) is 3.89. The Bertz CT molecular complexity index is 325. The molecule has 0 spiro atoms. The summed E-state index contributed by atoms with van der Waals surface area (Å²) in [7, 11) is 0. The first-order valence-electron chi connectivity index (χ1n) is 4.74. The minimum absolute atomic E-state index is 0.00981. The molecule has 4 heteroatoms. The number of halogens is 1. The lowest BCUT2D eigenvalue weighted by atomic mass is 10.0. The maximum absolute atomic E-state index is 5.98. The number of aryl methyl sites for hydroxylation is 1. The molecule has 1 aromatic heterocycles. The van der Waals surface area contributed by atoms with Gasteiger partial charge >= 0.3 is 0 Å². The van der Waals surface area contributed by atoms with Crippen molar-refractivity contribution in [1.82, 2.24) is 4.98 Å². The highest BCUT2D eigenvalue weighted by Crippen LogP contribution is 2.25. The predicted octanol–water partition coefficient (Wildman–Crippen LogP) is 2.53. The van der Waals surface area contributed by atoms with E-state index in [9.17, 15) is 0 Å². The first-order valence-corrected chi connectivity index (χ1v) is 5.53. The van der Waals surface area contributed by atoms with Crippen molar-refractivity contribution >= 4 is 21.7 Å². The number of pyridine rings is 1. The van der Waals surface area contributed by atoms with Crippen LogP contribution < -0.4 is 11.5 Å². The first-order chi connectivity index (χ1) is 6.56. The van der Waals surface area contributed by atoms with Crippen molar-refractivity contribution in [1.29, 1.82) is 0 Å². The Morgan fingerprint density at radius 2 is 2.21 bits per heavy atom. The number of hydrogen-bond acceptors (Lipinski definition) is 3. The maximum atomic E-state index is 5.98. The fourth-order valence-corrected chi connectivity index (χ4v) is 1.71. The summed E-state index contributed by atoms with van der Waals surface area (Å²) in [6, 6.07) is 1.96. The molecule has 0 aliphatic rings. The number of rotatable bonds is 3. The summed E-state index contributed by atoms with van der Waals surface area (Å²) in [5.74, 6) is 0.548. The molecule has 0 radical (unpaired) electrons. The molecule has 0 aromatic carbocycles. The van der Waals surface area contributed by atoms with Crippen LogP contribution in [0.25, 0.3) is 0 Å². The fourth-order valence-electron chi connectivity index (χ4n) is 1.38. The van der Waals surface area contributed by atoms with E-state index in [2.05, 4.69) is 27.8 Å². The Labute approximate surface area is 93.0 Å². The van der Waals surface area contributed by atoms with Crippen LogP contribution in [0.5, 0.6) is 0 Å². The van der Waals surface area contributed by atoms with Crippen molar-refractivity contribution in [2.24, 2.45) is 5.73 Å². The molecular formula is C10H16BrN3. The van der Waals surface area contributed by atoms with Gasteiger partial charge in [-0.3, -0.25) is 0 Å². The van der Waals surface area contributed by atoms with Crippen LogP contribution in [0, 0.1) is 6.92 Å². The van der Waals surface area contributed by atoms with Crippen molar-refractivity contribution in [2.75, 3.05) is 5.73 Å². The van der Waals surface area contributed by atoms with E-state index in [0.29, 0.717) is 5.82 Å². The van der Waals surface area contributed by atoms with Crippen LogP contribution in [0.1, 0.15) is 37.1 Å². The van der Waals surface area contributed by atoms with E-state index in [1.54, 1.807) is 0 Å². The van der Waals surface area contributed by atoms with E-state index in [4.69, 9.17) is 11.5 Å². The minimum Gasteiger partial charge on any atom is -0.383 e. The molecule has 0 bridgehead atoms. The van der Waals surface area contributed by atoms with Gasteiger partial charge in [-0.2, -0.15) is 0 Å². The molecule has 0 aliphatic carbocycles. The van der Waals surface area contributed by atoms with Gasteiger partial charge < -0.3 is 11.5 Å². The predicted molar refractivity (Wildman–Crippen MR) is 62.9 cm³/mol. The highest BCUT2D eigenvalue weighted by atomic mass is 79.9. The SMILES string of the molecule is CCCC(N)c1cc(Br)c(C)nc1N. The topological polar surface area (TPSA) is 64.9 Å². The van der Waals surface area contributed by atoms with Crippen LogP contribution in [0.3, 0.4) is 0 Å². The molecule has 1 atom stereocenters. The van der Waals surface area contributed by atoms with Gasteiger partial charge in [-0.1, -0.05) is 13.3 Å². The molecule has 3 nitrogen and oxygen atoms in total. The standard InChI is InChI=1S/C10H16BrN3/c1-3-4-9(12)7-5-8(11)6(2)14-10(7)13/h5,9H,3-4,12H2,1-2H3,(H2,13,14). The molecule has 1 unspecified atom stereocenters. The molecule has 1 rings (SSSR count). The van der Waals surface area contributed by atoms with Gasteiger partial charge in [0.2, 0.25) is 0 Å². The lowest BCUT2D eigenvalue weighted by Crippen LogP contribution is -2.13. The van der Waals surface area contributed by atoms with Gasteiger partial charge in [-0.25, -0.2) is 4.98 Å². The van der Waals surface area contributed by atoms with Crippen molar-refractivity contribution in [3.05, 3.63) is 21.8 Å². The molecule has 14 heavy (non-hydrogen) atoms. The minimum atomic E-state index is -0.00981. The highest BCUT2D eigenvalue weighted by Gasteiger charge is 2.11. The molecule has 0 saturated carbocycles. The van der Waals surface area contributed by atoms with E-state index < -0.39 is 0 Å². The number of aromatic nitrogens is 1. The number of nitrogens with zero attached hydrogens (tertiary/aromatic N) is 1. The second kappa shape index (κ2) is 4.75. The largest absolute Gasteiger partial charge is 0.383 e. The van der Waals surface area contributed by atoms with E-state index >= 15 is 0 Å². The second-order valence-corrected chi connectivity index (χ2v) is 4.28. The highest BCUT2D eigenvalue weighted by molar-refractivity contribution is 9.10. The zero-order valence-electron chi connectivity index (χ0n) is 8.55. The average Bonchev–Trinajstić information content (AvgIpc) is 2.11. The third kappa shape index (κ3) is 2.45. The summed E-state index contributed by atoms with van der Waals surface area (Å²) in [4.78, 5) is 4.23. The van der Waals surface area contributed by atoms with Crippen LogP contribution >= 0.6 is 15.9 Å². The van der Waals surface area contributed by atoms with Gasteiger partial charge in [0.1, 0.15) is 5.82 Å². The van der Waals surface area contributed by atoms with Crippen molar-refractivity contribution in [2.45, 2.75) is 32.7 Å². The molecule has 0 amide bonds. The van der Waals surface area contributed by atoms with Crippen LogP contribution in [-0.4, -0.2) is 4.98 Å². The number of hydrogen-bond donors (Lipinski definition) is 2. The monoisotopic (exact) mass is 257 g/mol. The summed E-state index contributed by atoms with van der Waals surface area (Å²) in [5.41, 5.74) is 13.6. The molecule has 1 aromatic rings. The summed E-state index contributed by atoms with van der Waals surface area (Å²) in [6.45, 7) is 4.02. The van der Waals surface area contributed by atoms with Gasteiger partial charge in [-0.05, 0) is 35.3 Å². The van der Waals surface area contributed by atoms with E-state index in [1.165, 1.54) is 0 Å². The van der Waals surface area contributed by atoms with E-state index in [-0.39, 0.29) is 6.04 Å². The maximum Gasteiger partial charge on any atom is 0.128 e. The normalized spacial score (nSPS) is 12.9.